The van der Waals surface area contributed by atoms with Gasteiger partial charge in [0.25, 0.3) is 0 Å². The van der Waals surface area contributed by atoms with E-state index < -0.39 is 0 Å². The van der Waals surface area contributed by atoms with E-state index in [2.05, 4.69) is 32.5 Å². The Hall–Kier alpha value is -2.40. The summed E-state index contributed by atoms with van der Waals surface area (Å²) in [5.41, 5.74) is 2.16. The SMILES string of the molecule is CCOc1ccc(Oc2cc(CNC(=NC)NCCc3nc(C)c(C)s3)ccn2)cc1.I. The Bertz CT molecular complexity index is 988. The number of ether oxygens (including phenoxy) is 2. The smallest absolute Gasteiger partial charge is 0.219 e. The van der Waals surface area contributed by atoms with E-state index in [0.29, 0.717) is 24.8 Å². The Morgan fingerprint density at radius 2 is 1.84 bits per heavy atom. The molecule has 3 aromatic rings. The van der Waals surface area contributed by atoms with Crippen molar-refractivity contribution in [1.82, 2.24) is 20.6 Å². The second kappa shape index (κ2) is 13.2. The Morgan fingerprint density at radius 3 is 2.50 bits per heavy atom. The van der Waals surface area contributed by atoms with Crippen molar-refractivity contribution in [3.8, 4) is 17.4 Å². The van der Waals surface area contributed by atoms with Crippen molar-refractivity contribution >= 4 is 41.3 Å². The summed E-state index contributed by atoms with van der Waals surface area (Å²) in [7, 11) is 1.76. The number of benzene rings is 1. The minimum Gasteiger partial charge on any atom is -0.494 e. The molecule has 0 aliphatic carbocycles. The standard InChI is InChI=1S/C23H29N5O2S.HI/c1-5-29-19-6-8-20(9-7-19)30-21-14-18(10-12-25-21)15-27-23(24-4)26-13-11-22-28-16(2)17(3)31-22;/h6-10,12,14H,5,11,13,15H2,1-4H3,(H2,24,26,27);1H. The summed E-state index contributed by atoms with van der Waals surface area (Å²) in [5, 5.41) is 7.80. The van der Waals surface area contributed by atoms with Gasteiger partial charge in [-0.25, -0.2) is 9.97 Å². The first-order chi connectivity index (χ1) is 15.1. The third kappa shape index (κ3) is 7.94. The molecule has 0 atom stereocenters. The van der Waals surface area contributed by atoms with Gasteiger partial charge in [-0.1, -0.05) is 0 Å². The van der Waals surface area contributed by atoms with E-state index in [4.69, 9.17) is 9.47 Å². The van der Waals surface area contributed by atoms with Crippen LogP contribution in [0.2, 0.25) is 0 Å². The van der Waals surface area contributed by atoms with Gasteiger partial charge in [-0.05, 0) is 56.7 Å². The Kier molecular flexibility index (Phi) is 10.7. The molecule has 0 fully saturated rings. The number of hydrogen-bond donors (Lipinski definition) is 2. The zero-order valence-corrected chi connectivity index (χ0v) is 22.0. The molecule has 2 N–H and O–H groups in total. The van der Waals surface area contributed by atoms with Crippen molar-refractivity contribution < 1.29 is 9.47 Å². The summed E-state index contributed by atoms with van der Waals surface area (Å²) in [6.45, 7) is 8.13. The summed E-state index contributed by atoms with van der Waals surface area (Å²) >= 11 is 1.75. The van der Waals surface area contributed by atoms with Crippen LogP contribution in [-0.2, 0) is 13.0 Å². The van der Waals surface area contributed by atoms with Gasteiger partial charge in [-0.2, -0.15) is 0 Å². The van der Waals surface area contributed by atoms with Gasteiger partial charge in [0.2, 0.25) is 5.88 Å². The second-order valence-electron chi connectivity index (χ2n) is 6.86. The van der Waals surface area contributed by atoms with Gasteiger partial charge in [0, 0.05) is 43.7 Å². The maximum absolute atomic E-state index is 5.86. The van der Waals surface area contributed by atoms with Gasteiger partial charge in [0.15, 0.2) is 5.96 Å². The van der Waals surface area contributed by atoms with Gasteiger partial charge in [-0.15, -0.1) is 35.3 Å². The van der Waals surface area contributed by atoms with E-state index in [1.807, 2.05) is 50.2 Å². The van der Waals surface area contributed by atoms with Crippen LogP contribution >= 0.6 is 35.3 Å². The molecule has 2 aromatic heterocycles. The molecule has 0 aliphatic rings. The van der Waals surface area contributed by atoms with Crippen LogP contribution in [0.15, 0.2) is 47.6 Å². The van der Waals surface area contributed by atoms with Gasteiger partial charge in [-0.3, -0.25) is 4.99 Å². The second-order valence-corrected chi connectivity index (χ2v) is 8.15. The average Bonchev–Trinajstić information content (AvgIpc) is 3.09. The molecule has 0 radical (unpaired) electrons. The number of pyridine rings is 1. The molecule has 3 rings (SSSR count). The minimum atomic E-state index is 0. The summed E-state index contributed by atoms with van der Waals surface area (Å²) in [4.78, 5) is 14.4. The fraction of sp³-hybridized carbons (Fsp3) is 0.348. The first-order valence-electron chi connectivity index (χ1n) is 10.3. The third-order valence-electron chi connectivity index (χ3n) is 4.54. The van der Waals surface area contributed by atoms with Crippen LogP contribution in [0.25, 0.3) is 0 Å². The first kappa shape index (κ1) is 25.9. The number of nitrogens with one attached hydrogen (secondary N) is 2. The quantitative estimate of drug-likeness (QED) is 0.218. The van der Waals surface area contributed by atoms with Crippen molar-refractivity contribution in [2.75, 3.05) is 20.2 Å². The summed E-state index contributed by atoms with van der Waals surface area (Å²) < 4.78 is 11.3. The summed E-state index contributed by atoms with van der Waals surface area (Å²) in [5.74, 6) is 2.82. The fourth-order valence-corrected chi connectivity index (χ4v) is 3.78. The molecule has 0 aliphatic heterocycles. The largest absolute Gasteiger partial charge is 0.494 e. The molecule has 32 heavy (non-hydrogen) atoms. The van der Waals surface area contributed by atoms with E-state index in [1.54, 1.807) is 24.6 Å². The molecule has 0 saturated heterocycles. The molecule has 9 heteroatoms. The topological polar surface area (TPSA) is 80.7 Å². The number of rotatable bonds is 9. The van der Waals surface area contributed by atoms with E-state index >= 15 is 0 Å². The molecule has 0 spiro atoms. The zero-order valence-electron chi connectivity index (χ0n) is 18.8. The molecule has 0 amide bonds. The Labute approximate surface area is 210 Å². The van der Waals surface area contributed by atoms with Crippen molar-refractivity contribution in [2.24, 2.45) is 4.99 Å². The monoisotopic (exact) mass is 567 g/mol. The number of aryl methyl sites for hydroxylation is 2. The van der Waals surface area contributed by atoms with Gasteiger partial charge in [0.05, 0.1) is 17.3 Å². The first-order valence-corrected chi connectivity index (χ1v) is 11.1. The molecule has 172 valence electrons. The van der Waals surface area contributed by atoms with Crippen LogP contribution in [0, 0.1) is 13.8 Å². The third-order valence-corrected chi connectivity index (χ3v) is 5.68. The van der Waals surface area contributed by atoms with E-state index in [9.17, 15) is 0 Å². The normalized spacial score (nSPS) is 10.9. The lowest BCUT2D eigenvalue weighted by Crippen LogP contribution is -2.37. The molecular weight excluding hydrogens is 537 g/mol. The average molecular weight is 567 g/mol. The number of aliphatic imine (C=N–C) groups is 1. The lowest BCUT2D eigenvalue weighted by Gasteiger charge is -2.12. The predicted molar refractivity (Wildman–Crippen MR) is 141 cm³/mol. The Morgan fingerprint density at radius 1 is 1.09 bits per heavy atom. The fourth-order valence-electron chi connectivity index (χ4n) is 2.85. The maximum Gasteiger partial charge on any atom is 0.219 e. The van der Waals surface area contributed by atoms with Crippen molar-refractivity contribution in [3.05, 3.63) is 63.7 Å². The van der Waals surface area contributed by atoms with Crippen LogP contribution in [0.4, 0.5) is 0 Å². The lowest BCUT2D eigenvalue weighted by atomic mass is 10.2. The van der Waals surface area contributed by atoms with Crippen LogP contribution in [0.3, 0.4) is 0 Å². The Balaban J connectivity index is 0.00000363. The number of guanidine groups is 1. The predicted octanol–water partition coefficient (Wildman–Crippen LogP) is 4.87. The number of halogens is 1. The van der Waals surface area contributed by atoms with Crippen molar-refractivity contribution in [1.29, 1.82) is 0 Å². The molecule has 2 heterocycles. The minimum absolute atomic E-state index is 0. The van der Waals surface area contributed by atoms with Crippen molar-refractivity contribution in [2.45, 2.75) is 33.7 Å². The molecule has 0 unspecified atom stereocenters. The number of aromatic nitrogens is 2. The molecule has 7 nitrogen and oxygen atoms in total. The van der Waals surface area contributed by atoms with E-state index in [0.717, 1.165) is 40.9 Å². The lowest BCUT2D eigenvalue weighted by molar-refractivity contribution is 0.339. The van der Waals surface area contributed by atoms with Crippen LogP contribution < -0.4 is 20.1 Å². The molecular formula is C23H30IN5O2S. The van der Waals surface area contributed by atoms with Crippen LogP contribution in [-0.4, -0.2) is 36.1 Å². The van der Waals surface area contributed by atoms with Crippen LogP contribution in [0.1, 0.15) is 28.1 Å². The highest BCUT2D eigenvalue weighted by atomic mass is 127. The van der Waals surface area contributed by atoms with Gasteiger partial charge >= 0.3 is 0 Å². The highest BCUT2D eigenvalue weighted by Gasteiger charge is 2.05. The summed E-state index contributed by atoms with van der Waals surface area (Å²) in [6.07, 6.45) is 2.61. The zero-order chi connectivity index (χ0) is 22.1. The van der Waals surface area contributed by atoms with E-state index in [-0.39, 0.29) is 24.0 Å². The number of nitrogens with zero attached hydrogens (tertiary/aromatic N) is 3. The number of hydrogen-bond acceptors (Lipinski definition) is 6. The van der Waals surface area contributed by atoms with Gasteiger partial charge in [0.1, 0.15) is 11.5 Å². The highest BCUT2D eigenvalue weighted by molar-refractivity contribution is 14.0. The number of thiazole rings is 1. The molecule has 0 saturated carbocycles. The highest BCUT2D eigenvalue weighted by Crippen LogP contribution is 2.23. The molecule has 1 aromatic carbocycles. The molecule has 0 bridgehead atoms. The van der Waals surface area contributed by atoms with Crippen molar-refractivity contribution in [3.63, 3.8) is 0 Å². The summed E-state index contributed by atoms with van der Waals surface area (Å²) in [6, 6.07) is 11.4. The van der Waals surface area contributed by atoms with E-state index in [1.165, 1.54) is 4.88 Å². The maximum atomic E-state index is 5.86. The van der Waals surface area contributed by atoms with Crippen LogP contribution in [0.5, 0.6) is 17.4 Å². The van der Waals surface area contributed by atoms with Gasteiger partial charge < -0.3 is 20.1 Å².